The largest absolute Gasteiger partial charge is 0.384 e. The Balaban J connectivity index is 1.91. The highest BCUT2D eigenvalue weighted by Gasteiger charge is 2.25. The molecule has 0 saturated carbocycles. The third-order valence-electron chi connectivity index (χ3n) is 4.03. The summed E-state index contributed by atoms with van der Waals surface area (Å²) in [6.45, 7) is 5.69. The third-order valence-corrected chi connectivity index (χ3v) is 4.03. The van der Waals surface area contributed by atoms with E-state index in [1.165, 1.54) is 0 Å². The SMILES string of the molecule is CC(C)c1ccc(NC(=O)C(=O)NCC(C)(O)c2ccccc2)cc1. The van der Waals surface area contributed by atoms with Crippen LogP contribution in [0.3, 0.4) is 0 Å². The van der Waals surface area contributed by atoms with Crippen molar-refractivity contribution in [2.75, 3.05) is 11.9 Å². The van der Waals surface area contributed by atoms with Crippen LogP contribution in [0.2, 0.25) is 0 Å². The van der Waals surface area contributed by atoms with Crippen molar-refractivity contribution in [3.8, 4) is 0 Å². The van der Waals surface area contributed by atoms with E-state index >= 15 is 0 Å². The predicted molar refractivity (Wildman–Crippen MR) is 98.2 cm³/mol. The number of amides is 2. The fourth-order valence-electron chi connectivity index (χ4n) is 2.37. The molecular weight excluding hydrogens is 316 g/mol. The van der Waals surface area contributed by atoms with Crippen molar-refractivity contribution in [1.29, 1.82) is 0 Å². The Bertz CT molecular complexity index is 722. The average Bonchev–Trinajstić information content (AvgIpc) is 2.61. The molecule has 0 aliphatic rings. The molecule has 1 atom stereocenters. The van der Waals surface area contributed by atoms with Crippen LogP contribution in [0.5, 0.6) is 0 Å². The number of carbonyl (C=O) groups excluding carboxylic acids is 2. The van der Waals surface area contributed by atoms with Gasteiger partial charge in [0.15, 0.2) is 0 Å². The van der Waals surface area contributed by atoms with Crippen molar-refractivity contribution in [2.24, 2.45) is 0 Å². The molecule has 5 nitrogen and oxygen atoms in total. The third kappa shape index (κ3) is 5.16. The minimum absolute atomic E-state index is 0.0600. The molecule has 1 unspecified atom stereocenters. The molecule has 0 spiro atoms. The molecule has 2 rings (SSSR count). The quantitative estimate of drug-likeness (QED) is 0.732. The summed E-state index contributed by atoms with van der Waals surface area (Å²) in [6.07, 6.45) is 0. The standard InChI is InChI=1S/C20H24N2O3/c1-14(2)15-9-11-17(12-10-15)22-19(24)18(23)21-13-20(3,25)16-7-5-4-6-8-16/h4-12,14,25H,13H2,1-3H3,(H,21,23)(H,22,24). The average molecular weight is 340 g/mol. The van der Waals surface area contributed by atoms with E-state index in [4.69, 9.17) is 0 Å². The molecule has 25 heavy (non-hydrogen) atoms. The number of rotatable bonds is 5. The maximum atomic E-state index is 12.0. The summed E-state index contributed by atoms with van der Waals surface area (Å²) >= 11 is 0. The normalized spacial score (nSPS) is 13.2. The Morgan fingerprint density at radius 1 is 1.00 bits per heavy atom. The van der Waals surface area contributed by atoms with Crippen LogP contribution in [-0.2, 0) is 15.2 Å². The van der Waals surface area contributed by atoms with E-state index in [1.54, 1.807) is 43.3 Å². The molecule has 0 fully saturated rings. The van der Waals surface area contributed by atoms with Crippen LogP contribution >= 0.6 is 0 Å². The van der Waals surface area contributed by atoms with E-state index in [0.717, 1.165) is 5.56 Å². The Morgan fingerprint density at radius 3 is 2.16 bits per heavy atom. The van der Waals surface area contributed by atoms with Crippen LogP contribution in [0, 0.1) is 0 Å². The first-order valence-electron chi connectivity index (χ1n) is 8.26. The number of aliphatic hydroxyl groups is 1. The molecule has 0 bridgehead atoms. The number of hydrogen-bond donors (Lipinski definition) is 3. The summed E-state index contributed by atoms with van der Waals surface area (Å²) < 4.78 is 0. The van der Waals surface area contributed by atoms with Crippen molar-refractivity contribution in [2.45, 2.75) is 32.3 Å². The smallest absolute Gasteiger partial charge is 0.313 e. The lowest BCUT2D eigenvalue weighted by Gasteiger charge is -2.24. The lowest BCUT2D eigenvalue weighted by Crippen LogP contribution is -2.43. The van der Waals surface area contributed by atoms with Gasteiger partial charge in [-0.05, 0) is 36.1 Å². The van der Waals surface area contributed by atoms with Crippen molar-refractivity contribution >= 4 is 17.5 Å². The van der Waals surface area contributed by atoms with Gasteiger partial charge in [-0.1, -0.05) is 56.3 Å². The van der Waals surface area contributed by atoms with Crippen molar-refractivity contribution in [3.63, 3.8) is 0 Å². The highest BCUT2D eigenvalue weighted by Crippen LogP contribution is 2.19. The van der Waals surface area contributed by atoms with Gasteiger partial charge in [0.1, 0.15) is 5.60 Å². The van der Waals surface area contributed by atoms with E-state index in [9.17, 15) is 14.7 Å². The van der Waals surface area contributed by atoms with Gasteiger partial charge >= 0.3 is 11.8 Å². The number of anilines is 1. The maximum absolute atomic E-state index is 12.0. The number of nitrogens with one attached hydrogen (secondary N) is 2. The number of benzene rings is 2. The molecule has 0 aromatic heterocycles. The molecule has 5 heteroatoms. The Hall–Kier alpha value is -2.66. The molecule has 0 aliphatic carbocycles. The van der Waals surface area contributed by atoms with Crippen LogP contribution in [-0.4, -0.2) is 23.5 Å². The molecule has 0 saturated heterocycles. The van der Waals surface area contributed by atoms with Crippen LogP contribution < -0.4 is 10.6 Å². The van der Waals surface area contributed by atoms with Gasteiger partial charge < -0.3 is 15.7 Å². The molecule has 2 aromatic rings. The van der Waals surface area contributed by atoms with Gasteiger partial charge in [0, 0.05) is 5.69 Å². The fourth-order valence-corrected chi connectivity index (χ4v) is 2.37. The van der Waals surface area contributed by atoms with Crippen molar-refractivity contribution < 1.29 is 14.7 Å². The van der Waals surface area contributed by atoms with E-state index in [-0.39, 0.29) is 6.54 Å². The van der Waals surface area contributed by atoms with Crippen molar-refractivity contribution in [3.05, 3.63) is 65.7 Å². The summed E-state index contributed by atoms with van der Waals surface area (Å²) in [5.41, 5.74) is 1.12. The topological polar surface area (TPSA) is 78.4 Å². The monoisotopic (exact) mass is 340 g/mol. The van der Waals surface area contributed by atoms with Gasteiger partial charge in [-0.3, -0.25) is 9.59 Å². The van der Waals surface area contributed by atoms with E-state index in [1.807, 2.05) is 18.2 Å². The Labute approximate surface area is 148 Å². The Kier molecular flexibility index (Phi) is 5.93. The van der Waals surface area contributed by atoms with Crippen LogP contribution in [0.15, 0.2) is 54.6 Å². The van der Waals surface area contributed by atoms with Gasteiger partial charge in [0.25, 0.3) is 0 Å². The molecule has 0 radical (unpaired) electrons. The summed E-state index contributed by atoms with van der Waals surface area (Å²) in [5, 5.41) is 15.5. The predicted octanol–water partition coefficient (Wildman–Crippen LogP) is 2.77. The molecule has 3 N–H and O–H groups in total. The van der Waals surface area contributed by atoms with Gasteiger partial charge in [0.05, 0.1) is 6.54 Å². The first-order valence-corrected chi connectivity index (χ1v) is 8.26. The minimum Gasteiger partial charge on any atom is -0.384 e. The zero-order valence-corrected chi connectivity index (χ0v) is 14.7. The first kappa shape index (κ1) is 18.7. The molecular formula is C20H24N2O3. The van der Waals surface area contributed by atoms with Gasteiger partial charge in [-0.2, -0.15) is 0 Å². The number of hydrogen-bond acceptors (Lipinski definition) is 3. The van der Waals surface area contributed by atoms with Crippen LogP contribution in [0.4, 0.5) is 5.69 Å². The fraction of sp³-hybridized carbons (Fsp3) is 0.300. The number of carbonyl (C=O) groups is 2. The molecule has 2 aromatic carbocycles. The maximum Gasteiger partial charge on any atom is 0.313 e. The second-order valence-corrected chi connectivity index (χ2v) is 6.55. The summed E-state index contributed by atoms with van der Waals surface area (Å²) in [7, 11) is 0. The van der Waals surface area contributed by atoms with E-state index in [0.29, 0.717) is 17.2 Å². The second-order valence-electron chi connectivity index (χ2n) is 6.55. The summed E-state index contributed by atoms with van der Waals surface area (Å²) in [5.74, 6) is -1.15. The van der Waals surface area contributed by atoms with Gasteiger partial charge in [-0.15, -0.1) is 0 Å². The summed E-state index contributed by atoms with van der Waals surface area (Å²) in [4.78, 5) is 23.9. The molecule has 0 aliphatic heterocycles. The van der Waals surface area contributed by atoms with Gasteiger partial charge in [0.2, 0.25) is 0 Å². The highest BCUT2D eigenvalue weighted by molar-refractivity contribution is 6.39. The zero-order chi connectivity index (χ0) is 18.4. The molecule has 132 valence electrons. The first-order chi connectivity index (χ1) is 11.8. The zero-order valence-electron chi connectivity index (χ0n) is 14.7. The molecule has 0 heterocycles. The lowest BCUT2D eigenvalue weighted by molar-refractivity contribution is -0.136. The van der Waals surface area contributed by atoms with Crippen LogP contribution in [0.1, 0.15) is 37.8 Å². The molecule has 2 amide bonds. The summed E-state index contributed by atoms with van der Waals surface area (Å²) in [6, 6.07) is 16.3. The van der Waals surface area contributed by atoms with E-state index < -0.39 is 17.4 Å². The van der Waals surface area contributed by atoms with Crippen molar-refractivity contribution in [1.82, 2.24) is 5.32 Å². The lowest BCUT2D eigenvalue weighted by atomic mass is 9.96. The van der Waals surface area contributed by atoms with Crippen LogP contribution in [0.25, 0.3) is 0 Å². The second kappa shape index (κ2) is 7.94. The van der Waals surface area contributed by atoms with E-state index in [2.05, 4.69) is 24.5 Å². The minimum atomic E-state index is -1.25. The Morgan fingerprint density at radius 2 is 1.60 bits per heavy atom. The highest BCUT2D eigenvalue weighted by atomic mass is 16.3. The van der Waals surface area contributed by atoms with Gasteiger partial charge in [-0.25, -0.2) is 0 Å².